The Morgan fingerprint density at radius 2 is 1.29 bits per heavy atom. The molecule has 1 atom stereocenters. The van der Waals surface area contributed by atoms with Gasteiger partial charge in [0.1, 0.15) is 0 Å². The van der Waals surface area contributed by atoms with E-state index in [1.807, 2.05) is 42.2 Å². The molecule has 0 radical (unpaired) electrons. The standard InChI is InChI=1S/C16H15P/c1-13(14-8-4-2-5-9-14)16(12-17)15-10-6-3-7-11-15/h2-12H,1,17H2. The highest BCUT2D eigenvalue weighted by Gasteiger charge is 2.06. The van der Waals surface area contributed by atoms with Crippen molar-refractivity contribution >= 4 is 20.4 Å². The summed E-state index contributed by atoms with van der Waals surface area (Å²) >= 11 is 0. The first-order valence-corrected chi connectivity index (χ1v) is 6.21. The summed E-state index contributed by atoms with van der Waals surface area (Å²) in [5, 5.41) is 0. The molecule has 0 aliphatic rings. The number of hydrogen-bond acceptors (Lipinski definition) is 0. The molecule has 0 heterocycles. The number of hydrogen-bond donors (Lipinski definition) is 0. The molecule has 1 heteroatoms. The third-order valence-electron chi connectivity index (χ3n) is 2.70. The Morgan fingerprint density at radius 3 is 1.76 bits per heavy atom. The summed E-state index contributed by atoms with van der Waals surface area (Å²) in [5.74, 6) is 2.03. The van der Waals surface area contributed by atoms with E-state index in [1.165, 1.54) is 5.56 Å². The predicted molar refractivity (Wildman–Crippen MR) is 79.6 cm³/mol. The van der Waals surface area contributed by atoms with Gasteiger partial charge in [-0.2, -0.15) is 0 Å². The lowest BCUT2D eigenvalue weighted by Crippen LogP contribution is -1.88. The molecule has 0 amide bonds. The van der Waals surface area contributed by atoms with Crippen LogP contribution in [0.3, 0.4) is 0 Å². The van der Waals surface area contributed by atoms with Crippen molar-refractivity contribution < 1.29 is 0 Å². The van der Waals surface area contributed by atoms with E-state index in [2.05, 4.69) is 40.1 Å². The fourth-order valence-corrected chi connectivity index (χ4v) is 2.18. The molecule has 0 bridgehead atoms. The normalized spacial score (nSPS) is 11.2. The van der Waals surface area contributed by atoms with Crippen LogP contribution in [0.25, 0.3) is 11.1 Å². The van der Waals surface area contributed by atoms with Gasteiger partial charge in [0, 0.05) is 0 Å². The smallest absolute Gasteiger partial charge is 0.0112 e. The average molecular weight is 238 g/mol. The van der Waals surface area contributed by atoms with Gasteiger partial charge < -0.3 is 0 Å². The van der Waals surface area contributed by atoms with Crippen LogP contribution < -0.4 is 0 Å². The minimum atomic E-state index is 1.05. The van der Waals surface area contributed by atoms with Gasteiger partial charge in [0.25, 0.3) is 0 Å². The second kappa shape index (κ2) is 5.61. The van der Waals surface area contributed by atoms with Crippen molar-refractivity contribution in [3.8, 4) is 0 Å². The van der Waals surface area contributed by atoms with Gasteiger partial charge in [-0.1, -0.05) is 73.1 Å². The number of rotatable bonds is 3. The molecule has 2 aromatic rings. The Balaban J connectivity index is 2.37. The Bertz CT molecular complexity index is 524. The fourth-order valence-electron chi connectivity index (χ4n) is 1.78. The Hall–Kier alpha value is -1.65. The third-order valence-corrected chi connectivity index (χ3v) is 3.03. The molecule has 0 spiro atoms. The van der Waals surface area contributed by atoms with Crippen molar-refractivity contribution in [1.29, 1.82) is 0 Å². The van der Waals surface area contributed by atoms with E-state index < -0.39 is 0 Å². The van der Waals surface area contributed by atoms with Gasteiger partial charge in [0.15, 0.2) is 0 Å². The number of benzene rings is 2. The van der Waals surface area contributed by atoms with Crippen molar-refractivity contribution in [2.45, 2.75) is 0 Å². The Kier molecular flexibility index (Phi) is 3.90. The molecule has 0 saturated heterocycles. The van der Waals surface area contributed by atoms with Crippen LogP contribution in [0.4, 0.5) is 0 Å². The van der Waals surface area contributed by atoms with Gasteiger partial charge in [-0.05, 0) is 22.3 Å². The second-order valence-electron chi connectivity index (χ2n) is 3.79. The van der Waals surface area contributed by atoms with Gasteiger partial charge in [-0.15, -0.1) is 9.24 Å². The van der Waals surface area contributed by atoms with Crippen LogP contribution >= 0.6 is 9.24 Å². The molecule has 2 rings (SSSR count). The molecular weight excluding hydrogens is 223 g/mol. The van der Waals surface area contributed by atoms with Crippen molar-refractivity contribution in [2.24, 2.45) is 0 Å². The highest BCUT2D eigenvalue weighted by Crippen LogP contribution is 2.30. The van der Waals surface area contributed by atoms with Crippen molar-refractivity contribution in [2.75, 3.05) is 0 Å². The van der Waals surface area contributed by atoms with Crippen LogP contribution in [0.1, 0.15) is 11.1 Å². The van der Waals surface area contributed by atoms with E-state index in [4.69, 9.17) is 0 Å². The van der Waals surface area contributed by atoms with Gasteiger partial charge in [0.05, 0.1) is 0 Å². The Morgan fingerprint density at radius 1 is 0.824 bits per heavy atom. The maximum Gasteiger partial charge on any atom is -0.0112 e. The summed E-state index contributed by atoms with van der Waals surface area (Å²) in [6.07, 6.45) is 0. The highest BCUT2D eigenvalue weighted by atomic mass is 31.0. The molecule has 1 unspecified atom stereocenters. The molecule has 0 aromatic heterocycles. The Labute approximate surface area is 105 Å². The first-order chi connectivity index (χ1) is 8.33. The van der Waals surface area contributed by atoms with Crippen molar-refractivity contribution in [3.63, 3.8) is 0 Å². The monoisotopic (exact) mass is 238 g/mol. The van der Waals surface area contributed by atoms with E-state index in [-0.39, 0.29) is 0 Å². The van der Waals surface area contributed by atoms with E-state index in [0.717, 1.165) is 16.7 Å². The lowest BCUT2D eigenvalue weighted by atomic mass is 9.95. The van der Waals surface area contributed by atoms with Crippen LogP contribution in [0, 0.1) is 0 Å². The molecule has 0 N–H and O–H groups in total. The molecular formula is C16H15P. The van der Waals surface area contributed by atoms with Crippen molar-refractivity contribution in [1.82, 2.24) is 0 Å². The molecule has 0 saturated carbocycles. The lowest BCUT2D eigenvalue weighted by Gasteiger charge is -2.11. The third kappa shape index (κ3) is 2.72. The van der Waals surface area contributed by atoms with Crippen LogP contribution in [0.5, 0.6) is 0 Å². The molecule has 0 aliphatic carbocycles. The predicted octanol–water partition coefficient (Wildman–Crippen LogP) is 4.62. The maximum atomic E-state index is 4.19. The zero-order chi connectivity index (χ0) is 12.1. The largest absolute Gasteiger partial charge is 0.113 e. The van der Waals surface area contributed by atoms with Gasteiger partial charge in [-0.3, -0.25) is 0 Å². The molecule has 17 heavy (non-hydrogen) atoms. The molecule has 84 valence electrons. The summed E-state index contributed by atoms with van der Waals surface area (Å²) in [4.78, 5) is 0. The quantitative estimate of drug-likeness (QED) is 0.541. The highest BCUT2D eigenvalue weighted by molar-refractivity contribution is 7.21. The van der Waals surface area contributed by atoms with E-state index in [0.29, 0.717) is 0 Å². The van der Waals surface area contributed by atoms with E-state index in [1.54, 1.807) is 0 Å². The summed E-state index contributed by atoms with van der Waals surface area (Å²) < 4.78 is 0. The first kappa shape index (κ1) is 11.8. The van der Waals surface area contributed by atoms with Crippen LogP contribution in [-0.4, -0.2) is 0 Å². The van der Waals surface area contributed by atoms with Crippen LogP contribution in [0.2, 0.25) is 0 Å². The molecule has 2 aromatic carbocycles. The van der Waals surface area contributed by atoms with Crippen LogP contribution in [0.15, 0.2) is 73.1 Å². The molecule has 0 nitrogen and oxygen atoms in total. The lowest BCUT2D eigenvalue weighted by molar-refractivity contribution is 1.59. The minimum absolute atomic E-state index is 1.05. The summed E-state index contributed by atoms with van der Waals surface area (Å²) in [6.45, 7) is 4.19. The minimum Gasteiger partial charge on any atom is -0.113 e. The zero-order valence-electron chi connectivity index (χ0n) is 9.64. The van der Waals surface area contributed by atoms with Crippen molar-refractivity contribution in [3.05, 3.63) is 84.2 Å². The topological polar surface area (TPSA) is 0 Å². The second-order valence-corrected chi connectivity index (χ2v) is 4.12. The van der Waals surface area contributed by atoms with E-state index >= 15 is 0 Å². The fraction of sp³-hybridized carbons (Fsp3) is 0. The summed E-state index contributed by atoms with van der Waals surface area (Å²) in [6, 6.07) is 20.6. The SMILES string of the molecule is C=C(C(=CP)c1ccccc1)c1ccccc1. The zero-order valence-corrected chi connectivity index (χ0v) is 10.8. The number of allylic oxidation sites excluding steroid dienone is 2. The maximum absolute atomic E-state index is 4.19. The van der Waals surface area contributed by atoms with Gasteiger partial charge in [0.2, 0.25) is 0 Å². The summed E-state index contributed by atoms with van der Waals surface area (Å²) in [5.41, 5.74) is 4.55. The molecule has 0 aliphatic heterocycles. The average Bonchev–Trinajstić information content (AvgIpc) is 2.42. The first-order valence-electron chi connectivity index (χ1n) is 5.55. The summed E-state index contributed by atoms with van der Waals surface area (Å²) in [7, 11) is 2.66. The van der Waals surface area contributed by atoms with Gasteiger partial charge >= 0.3 is 0 Å². The van der Waals surface area contributed by atoms with Crippen LogP contribution in [-0.2, 0) is 0 Å². The molecule has 0 fully saturated rings. The van der Waals surface area contributed by atoms with E-state index in [9.17, 15) is 0 Å². The van der Waals surface area contributed by atoms with Gasteiger partial charge in [-0.25, -0.2) is 0 Å².